The molecular formula is C18H23NO2. The van der Waals surface area contributed by atoms with Gasteiger partial charge in [-0.15, -0.1) is 0 Å². The Labute approximate surface area is 126 Å². The van der Waals surface area contributed by atoms with E-state index < -0.39 is 0 Å². The molecule has 0 atom stereocenters. The topological polar surface area (TPSA) is 38.3 Å². The van der Waals surface area contributed by atoms with Gasteiger partial charge >= 0.3 is 0 Å². The quantitative estimate of drug-likeness (QED) is 0.862. The van der Waals surface area contributed by atoms with Gasteiger partial charge in [-0.1, -0.05) is 24.3 Å². The molecular weight excluding hydrogens is 262 g/mol. The van der Waals surface area contributed by atoms with Gasteiger partial charge in [0.1, 0.15) is 5.75 Å². The lowest BCUT2D eigenvalue weighted by atomic mass is 10.0. The number of ether oxygens (including phenoxy) is 1. The number of hydrogen-bond donors (Lipinski definition) is 1. The van der Waals surface area contributed by atoms with Crippen molar-refractivity contribution < 1.29 is 9.53 Å². The van der Waals surface area contributed by atoms with Crippen LogP contribution in [0.25, 0.3) is 0 Å². The highest BCUT2D eigenvalue weighted by atomic mass is 16.5. The van der Waals surface area contributed by atoms with Crippen molar-refractivity contribution in [2.24, 2.45) is 0 Å². The zero-order valence-corrected chi connectivity index (χ0v) is 13.2. The normalized spacial score (nSPS) is 17.0. The van der Waals surface area contributed by atoms with Crippen LogP contribution in [0.4, 0.5) is 0 Å². The number of nitrogens with one attached hydrogen (secondary N) is 1. The minimum absolute atomic E-state index is 0.0779. The molecule has 0 heterocycles. The molecule has 0 unspecified atom stereocenters. The summed E-state index contributed by atoms with van der Waals surface area (Å²) in [5, 5.41) is 3.48. The highest BCUT2D eigenvalue weighted by Crippen LogP contribution is 2.21. The first-order valence-corrected chi connectivity index (χ1v) is 7.23. The lowest BCUT2D eigenvalue weighted by Crippen LogP contribution is -2.36. The molecule has 0 saturated heterocycles. The number of Topliss-reactive ketones (excluding diaryl/α,β-unsaturated/α-hetero) is 1. The molecule has 21 heavy (non-hydrogen) atoms. The van der Waals surface area contributed by atoms with E-state index in [1.54, 1.807) is 7.11 Å². The predicted molar refractivity (Wildman–Crippen MR) is 85.4 cm³/mol. The molecule has 1 N–H and O–H groups in total. The zero-order valence-electron chi connectivity index (χ0n) is 13.2. The lowest BCUT2D eigenvalue weighted by Gasteiger charge is -2.26. The number of allylic oxidation sites excluding steroid dienone is 4. The molecule has 3 heteroatoms. The first kappa shape index (κ1) is 15.4. The van der Waals surface area contributed by atoms with Crippen LogP contribution in [-0.2, 0) is 11.2 Å². The average molecular weight is 285 g/mol. The standard InChI is InChI=1S/C18H23NO2/c1-18(2,3)19-16(15-6-5-7-17(15)20)12-13-8-10-14(21-4)11-9-13/h5-6,8-11,19H,7,12H2,1-4H3/b16-15-. The summed E-state index contributed by atoms with van der Waals surface area (Å²) < 4.78 is 5.18. The Kier molecular flexibility index (Phi) is 4.51. The van der Waals surface area contributed by atoms with Gasteiger partial charge in [-0.05, 0) is 38.5 Å². The highest BCUT2D eigenvalue weighted by Gasteiger charge is 2.20. The number of rotatable bonds is 4. The molecule has 0 aliphatic heterocycles. The summed E-state index contributed by atoms with van der Waals surface area (Å²) in [5.74, 6) is 1.03. The summed E-state index contributed by atoms with van der Waals surface area (Å²) in [5.41, 5.74) is 2.88. The molecule has 0 radical (unpaired) electrons. The summed E-state index contributed by atoms with van der Waals surface area (Å²) in [6, 6.07) is 7.96. The molecule has 1 aromatic rings. The van der Waals surface area contributed by atoms with E-state index in [9.17, 15) is 4.79 Å². The van der Waals surface area contributed by atoms with Crippen molar-refractivity contribution in [1.82, 2.24) is 5.32 Å². The van der Waals surface area contributed by atoms with Crippen molar-refractivity contribution in [1.29, 1.82) is 0 Å². The van der Waals surface area contributed by atoms with Gasteiger partial charge in [-0.25, -0.2) is 0 Å². The fourth-order valence-corrected chi connectivity index (χ4v) is 2.36. The molecule has 0 saturated carbocycles. The number of hydrogen-bond acceptors (Lipinski definition) is 3. The van der Waals surface area contributed by atoms with E-state index in [-0.39, 0.29) is 11.3 Å². The maximum absolute atomic E-state index is 12.0. The molecule has 0 amide bonds. The second-order valence-electron chi connectivity index (χ2n) is 6.32. The van der Waals surface area contributed by atoms with Gasteiger partial charge in [-0.2, -0.15) is 0 Å². The monoisotopic (exact) mass is 285 g/mol. The van der Waals surface area contributed by atoms with E-state index in [0.717, 1.165) is 22.6 Å². The van der Waals surface area contributed by atoms with Gasteiger partial charge in [0.2, 0.25) is 0 Å². The van der Waals surface area contributed by atoms with Crippen LogP contribution < -0.4 is 10.1 Å². The Bertz CT molecular complexity index is 574. The van der Waals surface area contributed by atoms with Crippen molar-refractivity contribution in [2.45, 2.75) is 39.2 Å². The van der Waals surface area contributed by atoms with Gasteiger partial charge in [-0.3, -0.25) is 4.79 Å². The summed E-state index contributed by atoms with van der Waals surface area (Å²) in [6.07, 6.45) is 5.08. The largest absolute Gasteiger partial charge is 0.497 e. The molecule has 0 fully saturated rings. The number of benzene rings is 1. The van der Waals surface area contributed by atoms with Crippen LogP contribution in [0, 0.1) is 0 Å². The SMILES string of the molecule is COc1ccc(C/C(NC(C)(C)C)=C2\C=CCC2=O)cc1. The molecule has 3 nitrogen and oxygen atoms in total. The first-order valence-electron chi connectivity index (χ1n) is 7.23. The van der Waals surface area contributed by atoms with E-state index in [1.165, 1.54) is 0 Å². The third kappa shape index (κ3) is 4.22. The van der Waals surface area contributed by atoms with Gasteiger partial charge in [0, 0.05) is 29.7 Å². The Morgan fingerprint density at radius 2 is 1.90 bits per heavy atom. The molecule has 1 aliphatic rings. The lowest BCUT2D eigenvalue weighted by molar-refractivity contribution is -0.114. The van der Waals surface area contributed by atoms with Crippen LogP contribution in [0.2, 0.25) is 0 Å². The summed E-state index contributed by atoms with van der Waals surface area (Å²) in [7, 11) is 1.66. The van der Waals surface area contributed by atoms with Gasteiger partial charge < -0.3 is 10.1 Å². The van der Waals surface area contributed by atoms with E-state index in [4.69, 9.17) is 4.74 Å². The third-order valence-corrected chi connectivity index (χ3v) is 3.28. The third-order valence-electron chi connectivity index (χ3n) is 3.28. The van der Waals surface area contributed by atoms with Crippen LogP contribution in [-0.4, -0.2) is 18.4 Å². The summed E-state index contributed by atoms with van der Waals surface area (Å²) in [6.45, 7) is 6.31. The van der Waals surface area contributed by atoms with Gasteiger partial charge in [0.15, 0.2) is 5.78 Å². The second kappa shape index (κ2) is 6.17. The van der Waals surface area contributed by atoms with E-state index in [2.05, 4.69) is 26.1 Å². The predicted octanol–water partition coefficient (Wildman–Crippen LogP) is 3.41. The van der Waals surface area contributed by atoms with Gasteiger partial charge in [0.25, 0.3) is 0 Å². The fraction of sp³-hybridized carbons (Fsp3) is 0.389. The highest BCUT2D eigenvalue weighted by molar-refractivity contribution is 6.02. The molecule has 0 spiro atoms. The van der Waals surface area contributed by atoms with Crippen molar-refractivity contribution in [2.75, 3.05) is 7.11 Å². The molecule has 1 aromatic carbocycles. The second-order valence-corrected chi connectivity index (χ2v) is 6.32. The Morgan fingerprint density at radius 1 is 1.24 bits per heavy atom. The van der Waals surface area contributed by atoms with Crippen molar-refractivity contribution in [3.8, 4) is 5.75 Å². The van der Waals surface area contributed by atoms with Crippen LogP contribution in [0.5, 0.6) is 5.75 Å². The van der Waals surface area contributed by atoms with Crippen molar-refractivity contribution in [3.63, 3.8) is 0 Å². The Hall–Kier alpha value is -2.03. The minimum Gasteiger partial charge on any atom is -0.497 e. The van der Waals surface area contributed by atoms with Crippen LogP contribution in [0.3, 0.4) is 0 Å². The maximum atomic E-state index is 12.0. The maximum Gasteiger partial charge on any atom is 0.168 e. The fourth-order valence-electron chi connectivity index (χ4n) is 2.36. The molecule has 0 aromatic heterocycles. The first-order chi connectivity index (χ1) is 9.89. The summed E-state index contributed by atoms with van der Waals surface area (Å²) >= 11 is 0. The Morgan fingerprint density at radius 3 is 2.38 bits per heavy atom. The van der Waals surface area contributed by atoms with Gasteiger partial charge in [0.05, 0.1) is 7.11 Å². The number of methoxy groups -OCH3 is 1. The number of carbonyl (C=O) groups excluding carboxylic acids is 1. The molecule has 2 rings (SSSR count). The van der Waals surface area contributed by atoms with E-state index in [0.29, 0.717) is 12.8 Å². The number of ketones is 1. The molecule has 1 aliphatic carbocycles. The Balaban J connectivity index is 2.27. The number of carbonyl (C=O) groups is 1. The van der Waals surface area contributed by atoms with E-state index in [1.807, 2.05) is 36.4 Å². The average Bonchev–Trinajstić information content (AvgIpc) is 2.83. The minimum atomic E-state index is -0.0779. The van der Waals surface area contributed by atoms with Crippen molar-refractivity contribution >= 4 is 5.78 Å². The molecule has 0 bridgehead atoms. The van der Waals surface area contributed by atoms with Crippen LogP contribution in [0.1, 0.15) is 32.8 Å². The zero-order chi connectivity index (χ0) is 15.5. The summed E-state index contributed by atoms with van der Waals surface area (Å²) in [4.78, 5) is 12.0. The van der Waals surface area contributed by atoms with Crippen LogP contribution >= 0.6 is 0 Å². The van der Waals surface area contributed by atoms with Crippen molar-refractivity contribution in [3.05, 3.63) is 53.3 Å². The molecule has 112 valence electrons. The smallest absolute Gasteiger partial charge is 0.168 e. The van der Waals surface area contributed by atoms with E-state index >= 15 is 0 Å². The van der Waals surface area contributed by atoms with Crippen LogP contribution in [0.15, 0.2) is 47.7 Å².